The lowest BCUT2D eigenvalue weighted by Crippen LogP contribution is -2.22. The van der Waals surface area contributed by atoms with Crippen LogP contribution in [0, 0.1) is 33.3 Å². The molecule has 0 spiro atoms. The summed E-state index contributed by atoms with van der Waals surface area (Å²) < 4.78 is 4.86. The Balaban J connectivity index is 1.95. The topological polar surface area (TPSA) is 122 Å². The Labute approximate surface area is 125 Å². The number of ether oxygens (including phenoxy) is 1. The molecule has 0 saturated heterocycles. The molecule has 22 heavy (non-hydrogen) atoms. The van der Waals surface area contributed by atoms with Gasteiger partial charge in [0.2, 0.25) is 0 Å². The Bertz CT molecular complexity index is 680. The van der Waals surface area contributed by atoms with Gasteiger partial charge in [0.05, 0.1) is 22.1 Å². The van der Waals surface area contributed by atoms with Crippen LogP contribution >= 0.6 is 0 Å². The number of nitrogens with zero attached hydrogens (tertiary/aromatic N) is 2. The van der Waals surface area contributed by atoms with Crippen LogP contribution in [-0.4, -0.2) is 23.4 Å². The van der Waals surface area contributed by atoms with Gasteiger partial charge in [0, 0.05) is 12.1 Å². The zero-order valence-corrected chi connectivity index (χ0v) is 11.7. The summed E-state index contributed by atoms with van der Waals surface area (Å²) in [6, 6.07) is 5.27. The second kappa shape index (κ2) is 6.22. The molecule has 1 N–H and O–H groups in total. The first-order chi connectivity index (χ1) is 10.4. The van der Waals surface area contributed by atoms with E-state index in [9.17, 15) is 19.7 Å². The van der Waals surface area contributed by atoms with Gasteiger partial charge in [-0.05, 0) is 18.4 Å². The highest BCUT2D eigenvalue weighted by Crippen LogP contribution is 2.38. The Hall–Kier alpha value is -2.95. The van der Waals surface area contributed by atoms with E-state index in [-0.39, 0.29) is 28.8 Å². The van der Waals surface area contributed by atoms with Crippen LogP contribution in [0.4, 0.5) is 11.4 Å². The molecule has 1 aliphatic rings. The van der Waals surface area contributed by atoms with Crippen molar-refractivity contribution in [2.24, 2.45) is 11.8 Å². The molecule has 1 aromatic rings. The fraction of sp³-hybridized carbons (Fsp3) is 0.357. The summed E-state index contributed by atoms with van der Waals surface area (Å²) in [7, 11) is 0. The van der Waals surface area contributed by atoms with Crippen LogP contribution in [0.1, 0.15) is 18.9 Å². The quantitative estimate of drug-likeness (QED) is 0.501. The summed E-state index contributed by atoms with van der Waals surface area (Å²) in [5, 5.41) is 22.0. The standard InChI is InChI=1S/C14H13N3O5/c1-8-4-11(8)14(19)22-7-13(18)16-12-3-2-10(17(20)21)5-9(12)6-15/h2-3,5,8,11H,4,7H2,1H3,(H,16,18)/t8-,11+/m0/s1. The number of carbonyl (C=O) groups excluding carboxylic acids is 2. The van der Waals surface area contributed by atoms with Gasteiger partial charge in [-0.3, -0.25) is 19.7 Å². The lowest BCUT2D eigenvalue weighted by molar-refractivity contribution is -0.384. The van der Waals surface area contributed by atoms with Crippen LogP contribution < -0.4 is 5.32 Å². The molecular formula is C14H13N3O5. The van der Waals surface area contributed by atoms with Crippen molar-refractivity contribution in [3.63, 3.8) is 0 Å². The molecule has 0 heterocycles. The lowest BCUT2D eigenvalue weighted by Gasteiger charge is -2.07. The van der Waals surface area contributed by atoms with E-state index in [1.807, 2.05) is 6.92 Å². The van der Waals surface area contributed by atoms with Gasteiger partial charge in [0.25, 0.3) is 11.6 Å². The van der Waals surface area contributed by atoms with Crippen molar-refractivity contribution in [2.45, 2.75) is 13.3 Å². The highest BCUT2D eigenvalue weighted by Gasteiger charge is 2.40. The van der Waals surface area contributed by atoms with Gasteiger partial charge in [-0.15, -0.1) is 0 Å². The van der Waals surface area contributed by atoms with Crippen LogP contribution in [0.2, 0.25) is 0 Å². The van der Waals surface area contributed by atoms with Crippen molar-refractivity contribution in [2.75, 3.05) is 11.9 Å². The number of amides is 1. The predicted octanol–water partition coefficient (Wildman–Crippen LogP) is 1.60. The summed E-state index contributed by atoms with van der Waals surface area (Å²) in [6.45, 7) is 1.46. The monoisotopic (exact) mass is 303 g/mol. The molecule has 1 aromatic carbocycles. The van der Waals surface area contributed by atoms with Gasteiger partial charge < -0.3 is 10.1 Å². The summed E-state index contributed by atoms with van der Waals surface area (Å²) in [4.78, 5) is 33.2. The molecule has 1 aliphatic carbocycles. The number of nitrogens with one attached hydrogen (secondary N) is 1. The average molecular weight is 303 g/mol. The third-order valence-electron chi connectivity index (χ3n) is 3.37. The van der Waals surface area contributed by atoms with Crippen LogP contribution in [0.25, 0.3) is 0 Å². The van der Waals surface area contributed by atoms with Crippen molar-refractivity contribution in [3.8, 4) is 6.07 Å². The Morgan fingerprint density at radius 3 is 2.77 bits per heavy atom. The number of benzene rings is 1. The number of hydrogen-bond acceptors (Lipinski definition) is 6. The summed E-state index contributed by atoms with van der Waals surface area (Å²) in [5.41, 5.74) is -0.151. The van der Waals surface area contributed by atoms with Crippen LogP contribution in [0.5, 0.6) is 0 Å². The van der Waals surface area contributed by atoms with Gasteiger partial charge in [-0.2, -0.15) is 5.26 Å². The number of esters is 1. The van der Waals surface area contributed by atoms with Gasteiger partial charge in [0.1, 0.15) is 6.07 Å². The van der Waals surface area contributed by atoms with Crippen molar-refractivity contribution < 1.29 is 19.2 Å². The molecule has 1 saturated carbocycles. The molecule has 0 aliphatic heterocycles. The first-order valence-corrected chi connectivity index (χ1v) is 6.57. The number of nitro benzene ring substituents is 1. The molecule has 0 bridgehead atoms. The minimum absolute atomic E-state index is 0.0373. The normalized spacial score (nSPS) is 18.9. The average Bonchev–Trinajstić information content (AvgIpc) is 3.22. The predicted molar refractivity (Wildman–Crippen MR) is 74.7 cm³/mol. The molecular weight excluding hydrogens is 290 g/mol. The highest BCUT2D eigenvalue weighted by atomic mass is 16.6. The van der Waals surface area contributed by atoms with E-state index in [4.69, 9.17) is 10.00 Å². The zero-order valence-electron chi connectivity index (χ0n) is 11.7. The molecule has 1 amide bonds. The number of non-ortho nitro benzene ring substituents is 1. The van der Waals surface area contributed by atoms with Gasteiger partial charge in [-0.1, -0.05) is 6.92 Å². The fourth-order valence-corrected chi connectivity index (χ4v) is 1.93. The second-order valence-corrected chi connectivity index (χ2v) is 5.07. The number of rotatable bonds is 5. The molecule has 2 rings (SSSR count). The first kappa shape index (κ1) is 15.4. The van der Waals surface area contributed by atoms with E-state index >= 15 is 0 Å². The Kier molecular flexibility index (Phi) is 4.36. The largest absolute Gasteiger partial charge is 0.455 e. The van der Waals surface area contributed by atoms with Gasteiger partial charge >= 0.3 is 5.97 Å². The smallest absolute Gasteiger partial charge is 0.309 e. The summed E-state index contributed by atoms with van der Waals surface area (Å²) >= 11 is 0. The molecule has 0 unspecified atom stereocenters. The van der Waals surface area contributed by atoms with E-state index in [0.717, 1.165) is 12.5 Å². The number of nitro groups is 1. The van der Waals surface area contributed by atoms with Crippen LogP contribution in [0.3, 0.4) is 0 Å². The maximum Gasteiger partial charge on any atom is 0.309 e. The molecule has 1 fully saturated rings. The SMILES string of the molecule is C[C@H]1C[C@H]1C(=O)OCC(=O)Nc1ccc([N+](=O)[O-])cc1C#N. The van der Waals surface area contributed by atoms with E-state index in [1.165, 1.54) is 12.1 Å². The third-order valence-corrected chi connectivity index (χ3v) is 3.37. The van der Waals surface area contributed by atoms with Crippen molar-refractivity contribution in [1.82, 2.24) is 0 Å². The highest BCUT2D eigenvalue weighted by molar-refractivity contribution is 5.94. The second-order valence-electron chi connectivity index (χ2n) is 5.07. The van der Waals surface area contributed by atoms with Crippen LogP contribution in [0.15, 0.2) is 18.2 Å². The van der Waals surface area contributed by atoms with Gasteiger partial charge in [0.15, 0.2) is 6.61 Å². The minimum atomic E-state index is -0.634. The van der Waals surface area contributed by atoms with Crippen molar-refractivity contribution >= 4 is 23.3 Å². The van der Waals surface area contributed by atoms with E-state index in [0.29, 0.717) is 0 Å². The van der Waals surface area contributed by atoms with Crippen molar-refractivity contribution in [3.05, 3.63) is 33.9 Å². The Morgan fingerprint density at radius 1 is 1.55 bits per heavy atom. The van der Waals surface area contributed by atoms with E-state index in [1.54, 1.807) is 6.07 Å². The van der Waals surface area contributed by atoms with Gasteiger partial charge in [-0.25, -0.2) is 0 Å². The zero-order chi connectivity index (χ0) is 16.3. The molecule has 0 radical (unpaired) electrons. The van der Waals surface area contributed by atoms with E-state index < -0.39 is 23.4 Å². The number of nitriles is 1. The number of hydrogen-bond donors (Lipinski definition) is 1. The summed E-state index contributed by atoms with van der Waals surface area (Å²) in [6.07, 6.45) is 0.765. The third kappa shape index (κ3) is 3.58. The molecule has 2 atom stereocenters. The summed E-state index contributed by atoms with van der Waals surface area (Å²) in [5.74, 6) is -0.865. The lowest BCUT2D eigenvalue weighted by atomic mass is 10.1. The molecule has 8 nitrogen and oxygen atoms in total. The Morgan fingerprint density at radius 2 is 2.23 bits per heavy atom. The minimum Gasteiger partial charge on any atom is -0.455 e. The van der Waals surface area contributed by atoms with Crippen LogP contribution in [-0.2, 0) is 14.3 Å². The number of carbonyl (C=O) groups is 2. The fourth-order valence-electron chi connectivity index (χ4n) is 1.93. The molecule has 0 aromatic heterocycles. The van der Waals surface area contributed by atoms with Crippen molar-refractivity contribution in [1.29, 1.82) is 5.26 Å². The molecule has 114 valence electrons. The maximum absolute atomic E-state index is 11.7. The number of anilines is 1. The molecule has 8 heteroatoms. The first-order valence-electron chi connectivity index (χ1n) is 6.57. The maximum atomic E-state index is 11.7. The van der Waals surface area contributed by atoms with E-state index in [2.05, 4.69) is 5.32 Å².